The molecule has 30 heavy (non-hydrogen) atoms. The van der Waals surface area contributed by atoms with Crippen molar-refractivity contribution in [3.63, 3.8) is 0 Å². The average molecular weight is 402 g/mol. The molecule has 4 rings (SSSR count). The molecule has 0 saturated heterocycles. The van der Waals surface area contributed by atoms with Crippen LogP contribution >= 0.6 is 0 Å². The lowest BCUT2D eigenvalue weighted by Gasteiger charge is -2.11. The van der Waals surface area contributed by atoms with Gasteiger partial charge in [-0.3, -0.25) is 0 Å². The van der Waals surface area contributed by atoms with Gasteiger partial charge in [0.25, 0.3) is 0 Å². The third-order valence-electron chi connectivity index (χ3n) is 5.45. The first kappa shape index (κ1) is 19.8. The highest BCUT2D eigenvalue weighted by Crippen LogP contribution is 2.30. The van der Waals surface area contributed by atoms with Crippen molar-refractivity contribution >= 4 is 16.7 Å². The monoisotopic (exact) mass is 401 g/mol. The van der Waals surface area contributed by atoms with Crippen molar-refractivity contribution in [2.75, 3.05) is 5.73 Å². The normalized spacial score (nSPS) is 11.1. The van der Waals surface area contributed by atoms with E-state index in [4.69, 9.17) is 20.2 Å². The standard InChI is InChI=1S/C25H27N3O2/c1-5-18-6-8-19(9-7-18)29-15-24-27-22-11-10-20(14-23(22)28(24)4)30-21-12-16(2)25(26)17(3)13-21/h6-14H,5,15,26H2,1-4H3. The Balaban J connectivity index is 1.54. The van der Waals surface area contributed by atoms with Crippen LogP contribution in [0, 0.1) is 13.8 Å². The summed E-state index contributed by atoms with van der Waals surface area (Å²) in [7, 11) is 2.00. The Morgan fingerprint density at radius 1 is 0.900 bits per heavy atom. The maximum absolute atomic E-state index is 6.09. The molecule has 0 radical (unpaired) electrons. The second-order valence-corrected chi connectivity index (χ2v) is 7.60. The van der Waals surface area contributed by atoms with Crippen LogP contribution in [-0.4, -0.2) is 9.55 Å². The largest absolute Gasteiger partial charge is 0.486 e. The highest BCUT2D eigenvalue weighted by molar-refractivity contribution is 5.78. The molecule has 1 heterocycles. The van der Waals surface area contributed by atoms with E-state index in [1.807, 2.05) is 67.9 Å². The van der Waals surface area contributed by atoms with E-state index in [-0.39, 0.29) is 0 Å². The van der Waals surface area contributed by atoms with Crippen LogP contribution in [0.5, 0.6) is 17.2 Å². The molecular formula is C25H27N3O2. The topological polar surface area (TPSA) is 62.3 Å². The maximum atomic E-state index is 6.09. The fourth-order valence-electron chi connectivity index (χ4n) is 3.51. The number of benzene rings is 3. The van der Waals surface area contributed by atoms with Gasteiger partial charge in [-0.15, -0.1) is 0 Å². The molecule has 0 spiro atoms. The van der Waals surface area contributed by atoms with Crippen LogP contribution in [0.2, 0.25) is 0 Å². The molecule has 1 aromatic heterocycles. The second kappa shape index (κ2) is 8.11. The summed E-state index contributed by atoms with van der Waals surface area (Å²) in [6.45, 7) is 6.52. The van der Waals surface area contributed by atoms with Gasteiger partial charge in [0.15, 0.2) is 0 Å². The Bertz CT molecular complexity index is 1170. The van der Waals surface area contributed by atoms with E-state index in [9.17, 15) is 0 Å². The van der Waals surface area contributed by atoms with E-state index in [2.05, 4.69) is 19.1 Å². The Morgan fingerprint density at radius 3 is 2.23 bits per heavy atom. The lowest BCUT2D eigenvalue weighted by atomic mass is 10.1. The molecule has 0 atom stereocenters. The summed E-state index contributed by atoms with van der Waals surface area (Å²) in [5.74, 6) is 3.25. The number of nitrogen functional groups attached to an aromatic ring is 1. The summed E-state index contributed by atoms with van der Waals surface area (Å²) >= 11 is 0. The molecule has 0 bridgehead atoms. The average Bonchev–Trinajstić information content (AvgIpc) is 3.06. The Labute approximate surface area is 177 Å². The molecule has 0 unspecified atom stereocenters. The van der Waals surface area contributed by atoms with Crippen LogP contribution in [0.25, 0.3) is 11.0 Å². The number of nitrogens with zero attached hydrogens (tertiary/aromatic N) is 2. The molecular weight excluding hydrogens is 374 g/mol. The molecule has 0 amide bonds. The van der Waals surface area contributed by atoms with E-state index in [1.165, 1.54) is 5.56 Å². The van der Waals surface area contributed by atoms with Crippen LogP contribution in [-0.2, 0) is 20.1 Å². The summed E-state index contributed by atoms with van der Waals surface area (Å²) in [5.41, 5.74) is 12.1. The Kier molecular flexibility index (Phi) is 5.36. The Morgan fingerprint density at radius 2 is 1.57 bits per heavy atom. The minimum atomic E-state index is 0.406. The van der Waals surface area contributed by atoms with Crippen LogP contribution < -0.4 is 15.2 Å². The number of aromatic nitrogens is 2. The molecule has 5 heteroatoms. The molecule has 2 N–H and O–H groups in total. The van der Waals surface area contributed by atoms with Crippen molar-refractivity contribution in [3.8, 4) is 17.2 Å². The number of aryl methyl sites for hydroxylation is 4. The van der Waals surface area contributed by atoms with Gasteiger partial charge in [-0.1, -0.05) is 19.1 Å². The minimum Gasteiger partial charge on any atom is -0.486 e. The van der Waals surface area contributed by atoms with Crippen molar-refractivity contribution in [2.24, 2.45) is 7.05 Å². The number of fused-ring (bicyclic) bond motifs is 1. The van der Waals surface area contributed by atoms with Gasteiger partial charge in [-0.2, -0.15) is 0 Å². The lowest BCUT2D eigenvalue weighted by molar-refractivity contribution is 0.292. The summed E-state index contributed by atoms with van der Waals surface area (Å²) in [6.07, 6.45) is 1.02. The number of nitrogens with two attached hydrogens (primary N) is 1. The van der Waals surface area contributed by atoms with E-state index in [0.717, 1.165) is 57.3 Å². The fraction of sp³-hybridized carbons (Fsp3) is 0.240. The highest BCUT2D eigenvalue weighted by atomic mass is 16.5. The SMILES string of the molecule is CCc1ccc(OCc2nc3ccc(Oc4cc(C)c(N)c(C)c4)cc3n2C)cc1. The molecule has 0 aliphatic heterocycles. The third kappa shape index (κ3) is 3.96. The van der Waals surface area contributed by atoms with Gasteiger partial charge in [0, 0.05) is 18.8 Å². The van der Waals surface area contributed by atoms with Crippen LogP contribution in [0.15, 0.2) is 54.6 Å². The van der Waals surface area contributed by atoms with Crippen molar-refractivity contribution in [1.82, 2.24) is 9.55 Å². The third-order valence-corrected chi connectivity index (χ3v) is 5.45. The zero-order valence-corrected chi connectivity index (χ0v) is 17.9. The molecule has 5 nitrogen and oxygen atoms in total. The quantitative estimate of drug-likeness (QED) is 0.421. The van der Waals surface area contributed by atoms with Crippen molar-refractivity contribution in [1.29, 1.82) is 0 Å². The molecule has 3 aromatic carbocycles. The van der Waals surface area contributed by atoms with Gasteiger partial charge in [0.2, 0.25) is 0 Å². The first-order valence-electron chi connectivity index (χ1n) is 10.2. The molecule has 154 valence electrons. The van der Waals surface area contributed by atoms with Crippen LogP contribution in [0.1, 0.15) is 29.4 Å². The van der Waals surface area contributed by atoms with Crippen molar-refractivity contribution in [3.05, 3.63) is 77.1 Å². The van der Waals surface area contributed by atoms with Gasteiger partial charge >= 0.3 is 0 Å². The van der Waals surface area contributed by atoms with Gasteiger partial charge in [0.05, 0.1) is 11.0 Å². The second-order valence-electron chi connectivity index (χ2n) is 7.60. The molecule has 0 aliphatic rings. The summed E-state index contributed by atoms with van der Waals surface area (Å²) < 4.78 is 14.1. The number of imidazole rings is 1. The maximum Gasteiger partial charge on any atom is 0.147 e. The molecule has 0 fully saturated rings. The van der Waals surface area contributed by atoms with Gasteiger partial charge < -0.3 is 19.8 Å². The molecule has 4 aromatic rings. The van der Waals surface area contributed by atoms with Crippen molar-refractivity contribution in [2.45, 2.75) is 33.8 Å². The zero-order chi connectivity index (χ0) is 21.3. The molecule has 0 aliphatic carbocycles. The fourth-order valence-corrected chi connectivity index (χ4v) is 3.51. The zero-order valence-electron chi connectivity index (χ0n) is 17.9. The predicted molar refractivity (Wildman–Crippen MR) is 121 cm³/mol. The summed E-state index contributed by atoms with van der Waals surface area (Å²) in [4.78, 5) is 4.71. The van der Waals surface area contributed by atoms with E-state index in [1.54, 1.807) is 0 Å². The number of anilines is 1. The van der Waals surface area contributed by atoms with Gasteiger partial charge in [0.1, 0.15) is 29.7 Å². The van der Waals surface area contributed by atoms with E-state index >= 15 is 0 Å². The lowest BCUT2D eigenvalue weighted by Crippen LogP contribution is -2.03. The van der Waals surface area contributed by atoms with Gasteiger partial charge in [-0.05, 0) is 73.4 Å². The predicted octanol–water partition coefficient (Wildman–Crippen LogP) is 5.71. The number of rotatable bonds is 6. The Hall–Kier alpha value is -3.47. The number of ether oxygens (including phenoxy) is 2. The first-order valence-corrected chi connectivity index (χ1v) is 10.2. The van der Waals surface area contributed by atoms with E-state index < -0.39 is 0 Å². The summed E-state index contributed by atoms with van der Waals surface area (Å²) in [5, 5.41) is 0. The number of hydrogen-bond donors (Lipinski definition) is 1. The van der Waals surface area contributed by atoms with Crippen LogP contribution in [0.4, 0.5) is 5.69 Å². The van der Waals surface area contributed by atoms with Crippen LogP contribution in [0.3, 0.4) is 0 Å². The first-order chi connectivity index (χ1) is 14.4. The highest BCUT2D eigenvalue weighted by Gasteiger charge is 2.11. The summed E-state index contributed by atoms with van der Waals surface area (Å²) in [6, 6.07) is 18.0. The minimum absolute atomic E-state index is 0.406. The van der Waals surface area contributed by atoms with Crippen molar-refractivity contribution < 1.29 is 9.47 Å². The smallest absolute Gasteiger partial charge is 0.147 e. The van der Waals surface area contributed by atoms with E-state index in [0.29, 0.717) is 6.61 Å². The van der Waals surface area contributed by atoms with Gasteiger partial charge in [-0.25, -0.2) is 4.98 Å². The molecule has 0 saturated carbocycles. The number of hydrogen-bond acceptors (Lipinski definition) is 4.